The first kappa shape index (κ1) is 17.0. The van der Waals surface area contributed by atoms with Crippen LogP contribution in [0.1, 0.15) is 12.3 Å². The van der Waals surface area contributed by atoms with Crippen LogP contribution >= 0.6 is 11.6 Å². The lowest BCUT2D eigenvalue weighted by Gasteiger charge is -2.07. The minimum atomic E-state index is -0.200. The Kier molecular flexibility index (Phi) is 5.30. The van der Waals surface area contributed by atoms with Gasteiger partial charge in [-0.1, -0.05) is 23.7 Å². The topological polar surface area (TPSA) is 77.2 Å². The van der Waals surface area contributed by atoms with E-state index >= 15 is 0 Å². The summed E-state index contributed by atoms with van der Waals surface area (Å²) >= 11 is 6.14. The van der Waals surface area contributed by atoms with Crippen LogP contribution in [0.5, 0.6) is 5.75 Å². The molecule has 0 saturated heterocycles. The largest absolute Gasteiger partial charge is 0.493 e. The molecule has 0 aliphatic rings. The SMILES string of the molecule is COc1cccnc1NC(=O)CCc1ncc(-c2ccccc2Cl)o1. The summed E-state index contributed by atoms with van der Waals surface area (Å²) in [5.41, 5.74) is 0.769. The number of oxazole rings is 1. The monoisotopic (exact) mass is 357 g/mol. The molecule has 0 spiro atoms. The number of aryl methyl sites for hydroxylation is 1. The molecule has 0 aliphatic carbocycles. The molecule has 128 valence electrons. The van der Waals surface area contributed by atoms with Crippen LogP contribution in [0.15, 0.2) is 53.2 Å². The normalized spacial score (nSPS) is 10.5. The van der Waals surface area contributed by atoms with Gasteiger partial charge in [-0.3, -0.25) is 4.79 Å². The van der Waals surface area contributed by atoms with E-state index in [9.17, 15) is 4.79 Å². The van der Waals surface area contributed by atoms with E-state index in [0.29, 0.717) is 34.7 Å². The zero-order valence-electron chi connectivity index (χ0n) is 13.5. The zero-order chi connectivity index (χ0) is 17.6. The number of hydrogen-bond donors (Lipinski definition) is 1. The molecule has 0 saturated carbocycles. The first-order chi connectivity index (χ1) is 12.2. The Morgan fingerprint density at radius 2 is 2.08 bits per heavy atom. The van der Waals surface area contributed by atoms with Crippen molar-refractivity contribution in [2.24, 2.45) is 0 Å². The summed E-state index contributed by atoms with van der Waals surface area (Å²) in [6.07, 6.45) is 3.77. The first-order valence-corrected chi connectivity index (χ1v) is 8.03. The maximum absolute atomic E-state index is 12.1. The van der Waals surface area contributed by atoms with Crippen LogP contribution in [-0.2, 0) is 11.2 Å². The predicted molar refractivity (Wildman–Crippen MR) is 94.7 cm³/mol. The van der Waals surface area contributed by atoms with E-state index in [-0.39, 0.29) is 12.3 Å². The Morgan fingerprint density at radius 3 is 2.88 bits per heavy atom. The third-order valence-corrected chi connectivity index (χ3v) is 3.84. The van der Waals surface area contributed by atoms with Gasteiger partial charge in [-0.15, -0.1) is 0 Å². The molecule has 3 aromatic rings. The first-order valence-electron chi connectivity index (χ1n) is 7.66. The molecule has 2 heterocycles. The number of rotatable bonds is 6. The molecule has 7 heteroatoms. The molecule has 0 atom stereocenters. The van der Waals surface area contributed by atoms with Crippen molar-refractivity contribution < 1.29 is 13.9 Å². The van der Waals surface area contributed by atoms with Crippen LogP contribution in [0.25, 0.3) is 11.3 Å². The van der Waals surface area contributed by atoms with Crippen molar-refractivity contribution in [3.05, 3.63) is 59.7 Å². The minimum absolute atomic E-state index is 0.200. The standard InChI is InChI=1S/C18H16ClN3O3/c1-24-14-7-4-10-20-18(14)22-16(23)8-9-17-21-11-15(25-17)12-5-2-3-6-13(12)19/h2-7,10-11H,8-9H2,1H3,(H,20,22,23). The highest BCUT2D eigenvalue weighted by atomic mass is 35.5. The molecule has 3 rings (SSSR count). The van der Waals surface area contributed by atoms with E-state index in [0.717, 1.165) is 5.56 Å². The summed E-state index contributed by atoms with van der Waals surface area (Å²) in [5, 5.41) is 3.30. The molecule has 0 aliphatic heterocycles. The molecule has 0 radical (unpaired) electrons. The maximum atomic E-state index is 12.1. The molecule has 25 heavy (non-hydrogen) atoms. The molecule has 1 amide bonds. The van der Waals surface area contributed by atoms with Crippen molar-refractivity contribution in [3.8, 4) is 17.1 Å². The highest BCUT2D eigenvalue weighted by Crippen LogP contribution is 2.28. The number of aromatic nitrogens is 2. The molecule has 6 nitrogen and oxygen atoms in total. The van der Waals surface area contributed by atoms with Crippen LogP contribution in [0, 0.1) is 0 Å². The van der Waals surface area contributed by atoms with E-state index < -0.39 is 0 Å². The molecule has 1 N–H and O–H groups in total. The molecular formula is C18H16ClN3O3. The quantitative estimate of drug-likeness (QED) is 0.722. The number of amides is 1. The number of halogens is 1. The fourth-order valence-electron chi connectivity index (χ4n) is 2.28. The second-order valence-electron chi connectivity index (χ2n) is 5.20. The minimum Gasteiger partial charge on any atom is -0.493 e. The van der Waals surface area contributed by atoms with Gasteiger partial charge in [0, 0.05) is 24.6 Å². The Labute approximate surface area is 149 Å². The van der Waals surface area contributed by atoms with Crippen molar-refractivity contribution in [3.63, 3.8) is 0 Å². The summed E-state index contributed by atoms with van der Waals surface area (Å²) in [7, 11) is 1.52. The van der Waals surface area contributed by atoms with Gasteiger partial charge >= 0.3 is 0 Å². The number of pyridine rings is 1. The lowest BCUT2D eigenvalue weighted by molar-refractivity contribution is -0.116. The lowest BCUT2D eigenvalue weighted by atomic mass is 10.2. The number of methoxy groups -OCH3 is 1. The number of carbonyl (C=O) groups is 1. The van der Waals surface area contributed by atoms with Gasteiger partial charge in [-0.05, 0) is 24.3 Å². The van der Waals surface area contributed by atoms with E-state index in [1.54, 1.807) is 30.6 Å². The van der Waals surface area contributed by atoms with Crippen LogP contribution in [0.4, 0.5) is 5.82 Å². The molecule has 2 aromatic heterocycles. The average Bonchev–Trinajstić information content (AvgIpc) is 3.09. The van der Waals surface area contributed by atoms with Gasteiger partial charge < -0.3 is 14.5 Å². The number of benzene rings is 1. The summed E-state index contributed by atoms with van der Waals surface area (Å²) < 4.78 is 10.8. The Balaban J connectivity index is 1.61. The Morgan fingerprint density at radius 1 is 1.24 bits per heavy atom. The van der Waals surface area contributed by atoms with Crippen molar-refractivity contribution in [2.75, 3.05) is 12.4 Å². The average molecular weight is 358 g/mol. The molecule has 0 unspecified atom stereocenters. The molecule has 0 bridgehead atoms. The lowest BCUT2D eigenvalue weighted by Crippen LogP contribution is -2.14. The van der Waals surface area contributed by atoms with Crippen LogP contribution < -0.4 is 10.1 Å². The number of carbonyl (C=O) groups excluding carboxylic acids is 1. The van der Waals surface area contributed by atoms with Gasteiger partial charge in [0.1, 0.15) is 0 Å². The fraction of sp³-hybridized carbons (Fsp3) is 0.167. The van der Waals surface area contributed by atoms with Gasteiger partial charge in [0.25, 0.3) is 0 Å². The summed E-state index contributed by atoms with van der Waals surface area (Å²) in [6.45, 7) is 0. The van der Waals surface area contributed by atoms with Gasteiger partial charge in [0.05, 0.1) is 18.3 Å². The van der Waals surface area contributed by atoms with Gasteiger partial charge in [0.2, 0.25) is 5.91 Å². The zero-order valence-corrected chi connectivity index (χ0v) is 14.3. The van der Waals surface area contributed by atoms with Gasteiger partial charge in [-0.25, -0.2) is 9.97 Å². The predicted octanol–water partition coefficient (Wildman–Crippen LogP) is 3.97. The van der Waals surface area contributed by atoms with E-state index in [1.807, 2.05) is 18.2 Å². The van der Waals surface area contributed by atoms with Crippen molar-refractivity contribution in [1.29, 1.82) is 0 Å². The summed E-state index contributed by atoms with van der Waals surface area (Å²) in [4.78, 5) is 20.4. The van der Waals surface area contributed by atoms with Gasteiger partial charge in [0.15, 0.2) is 23.2 Å². The van der Waals surface area contributed by atoms with E-state index in [4.69, 9.17) is 20.8 Å². The highest BCUT2D eigenvalue weighted by Gasteiger charge is 2.12. The van der Waals surface area contributed by atoms with Crippen LogP contribution in [0.2, 0.25) is 5.02 Å². The smallest absolute Gasteiger partial charge is 0.226 e. The van der Waals surface area contributed by atoms with Gasteiger partial charge in [-0.2, -0.15) is 0 Å². The number of nitrogens with one attached hydrogen (secondary N) is 1. The number of nitrogens with zero attached hydrogens (tertiary/aromatic N) is 2. The van der Waals surface area contributed by atoms with Crippen LogP contribution in [-0.4, -0.2) is 23.0 Å². The Bertz CT molecular complexity index is 879. The number of anilines is 1. The second kappa shape index (κ2) is 7.81. The van der Waals surface area contributed by atoms with E-state index in [1.165, 1.54) is 7.11 Å². The maximum Gasteiger partial charge on any atom is 0.226 e. The Hall–Kier alpha value is -2.86. The third-order valence-electron chi connectivity index (χ3n) is 3.51. The van der Waals surface area contributed by atoms with Crippen LogP contribution in [0.3, 0.4) is 0 Å². The number of ether oxygens (including phenoxy) is 1. The van der Waals surface area contributed by atoms with E-state index in [2.05, 4.69) is 15.3 Å². The molecular weight excluding hydrogens is 342 g/mol. The summed E-state index contributed by atoms with van der Waals surface area (Å²) in [5.74, 6) is 1.74. The second-order valence-corrected chi connectivity index (χ2v) is 5.61. The highest BCUT2D eigenvalue weighted by molar-refractivity contribution is 6.33. The van der Waals surface area contributed by atoms with Crippen molar-refractivity contribution in [2.45, 2.75) is 12.8 Å². The third kappa shape index (κ3) is 4.16. The molecule has 0 fully saturated rings. The summed E-state index contributed by atoms with van der Waals surface area (Å²) in [6, 6.07) is 10.8. The number of hydrogen-bond acceptors (Lipinski definition) is 5. The van der Waals surface area contributed by atoms with Crippen molar-refractivity contribution in [1.82, 2.24) is 9.97 Å². The molecule has 1 aromatic carbocycles. The van der Waals surface area contributed by atoms with Crippen molar-refractivity contribution >= 4 is 23.3 Å². The fourth-order valence-corrected chi connectivity index (χ4v) is 2.50.